The number of hydrogen-bond donors (Lipinski definition) is 1. The van der Waals surface area contributed by atoms with Crippen molar-refractivity contribution < 1.29 is 19.4 Å². The second kappa shape index (κ2) is 7.99. The molecule has 0 fully saturated rings. The van der Waals surface area contributed by atoms with Gasteiger partial charge in [-0.3, -0.25) is 4.79 Å². The molecule has 0 aliphatic heterocycles. The molecule has 0 radical (unpaired) electrons. The van der Waals surface area contributed by atoms with Crippen molar-refractivity contribution >= 4 is 18.0 Å². The minimum absolute atomic E-state index is 0.00594. The molecule has 0 aromatic heterocycles. The Hall–Kier alpha value is -2.30. The van der Waals surface area contributed by atoms with Crippen LogP contribution in [0.25, 0.3) is 6.08 Å². The van der Waals surface area contributed by atoms with Crippen molar-refractivity contribution in [2.75, 3.05) is 19.7 Å². The van der Waals surface area contributed by atoms with Gasteiger partial charge in [0.05, 0.1) is 0 Å². The monoisotopic (exact) mass is 277 g/mol. The fourth-order valence-electron chi connectivity index (χ4n) is 1.66. The molecule has 1 aromatic carbocycles. The quantitative estimate of drug-likeness (QED) is 0.774. The molecule has 5 heteroatoms. The first kappa shape index (κ1) is 15.8. The first-order valence-electron chi connectivity index (χ1n) is 6.48. The molecule has 1 N–H and O–H groups in total. The molecule has 0 bridgehead atoms. The molecule has 0 atom stereocenters. The lowest BCUT2D eigenvalue weighted by Gasteiger charge is -2.18. The number of nitrogens with zero attached hydrogens (tertiary/aromatic N) is 1. The number of carbonyl (C=O) groups excluding carboxylic acids is 1. The SMILES string of the molecule is CCN(CC)C(=O)COc1ccc(/C=C\C(=O)O)cc1. The van der Waals surface area contributed by atoms with Gasteiger partial charge in [-0.25, -0.2) is 4.79 Å². The second-order valence-electron chi connectivity index (χ2n) is 4.10. The average molecular weight is 277 g/mol. The van der Waals surface area contributed by atoms with Crippen LogP contribution in [0, 0.1) is 0 Å². The maximum Gasteiger partial charge on any atom is 0.328 e. The predicted octanol–water partition coefficient (Wildman–Crippen LogP) is 2.03. The van der Waals surface area contributed by atoms with E-state index >= 15 is 0 Å². The summed E-state index contributed by atoms with van der Waals surface area (Å²) in [6, 6.07) is 6.88. The zero-order chi connectivity index (χ0) is 15.0. The lowest BCUT2D eigenvalue weighted by Crippen LogP contribution is -2.34. The van der Waals surface area contributed by atoms with E-state index in [9.17, 15) is 9.59 Å². The maximum atomic E-state index is 11.7. The van der Waals surface area contributed by atoms with Gasteiger partial charge in [-0.05, 0) is 37.6 Å². The molecular weight excluding hydrogens is 258 g/mol. The van der Waals surface area contributed by atoms with Gasteiger partial charge in [0.25, 0.3) is 5.91 Å². The van der Waals surface area contributed by atoms with Crippen LogP contribution >= 0.6 is 0 Å². The van der Waals surface area contributed by atoms with Crippen molar-refractivity contribution in [2.45, 2.75) is 13.8 Å². The first-order chi connectivity index (χ1) is 9.56. The van der Waals surface area contributed by atoms with E-state index in [1.165, 1.54) is 6.08 Å². The summed E-state index contributed by atoms with van der Waals surface area (Å²) in [5.41, 5.74) is 0.759. The number of amides is 1. The highest BCUT2D eigenvalue weighted by atomic mass is 16.5. The topological polar surface area (TPSA) is 66.8 Å². The lowest BCUT2D eigenvalue weighted by molar-refractivity contribution is -0.133. The Bertz CT molecular complexity index is 475. The molecule has 1 amide bonds. The number of carboxylic acid groups (broad SMARTS) is 1. The Morgan fingerprint density at radius 1 is 1.20 bits per heavy atom. The highest BCUT2D eigenvalue weighted by Gasteiger charge is 2.09. The van der Waals surface area contributed by atoms with Crippen LogP contribution in [0.2, 0.25) is 0 Å². The van der Waals surface area contributed by atoms with Gasteiger partial charge in [0.15, 0.2) is 6.61 Å². The summed E-state index contributed by atoms with van der Waals surface area (Å²) < 4.78 is 5.40. The van der Waals surface area contributed by atoms with Crippen LogP contribution < -0.4 is 4.74 Å². The van der Waals surface area contributed by atoms with Gasteiger partial charge in [0, 0.05) is 19.2 Å². The second-order valence-corrected chi connectivity index (χ2v) is 4.10. The van der Waals surface area contributed by atoms with E-state index in [4.69, 9.17) is 9.84 Å². The van der Waals surface area contributed by atoms with Crippen LogP contribution in [-0.2, 0) is 9.59 Å². The molecule has 20 heavy (non-hydrogen) atoms. The summed E-state index contributed by atoms with van der Waals surface area (Å²) >= 11 is 0. The number of carboxylic acids is 1. The number of benzene rings is 1. The van der Waals surface area contributed by atoms with Crippen LogP contribution in [0.15, 0.2) is 30.3 Å². The molecular formula is C15H19NO4. The van der Waals surface area contributed by atoms with E-state index in [1.807, 2.05) is 13.8 Å². The zero-order valence-electron chi connectivity index (χ0n) is 11.7. The molecule has 108 valence electrons. The molecule has 0 heterocycles. The molecule has 5 nitrogen and oxygen atoms in total. The largest absolute Gasteiger partial charge is 0.484 e. The van der Waals surface area contributed by atoms with Gasteiger partial charge < -0.3 is 14.7 Å². The van der Waals surface area contributed by atoms with E-state index in [0.717, 1.165) is 11.6 Å². The van der Waals surface area contributed by atoms with Gasteiger partial charge >= 0.3 is 5.97 Å². The molecule has 0 spiro atoms. The molecule has 0 aliphatic carbocycles. The minimum Gasteiger partial charge on any atom is -0.484 e. The summed E-state index contributed by atoms with van der Waals surface area (Å²) in [5, 5.41) is 8.52. The minimum atomic E-state index is -0.991. The van der Waals surface area contributed by atoms with Gasteiger partial charge in [0.1, 0.15) is 5.75 Å². The molecule has 0 saturated heterocycles. The van der Waals surface area contributed by atoms with Crippen molar-refractivity contribution in [1.29, 1.82) is 0 Å². The van der Waals surface area contributed by atoms with Crippen molar-refractivity contribution in [3.63, 3.8) is 0 Å². The van der Waals surface area contributed by atoms with Crippen LogP contribution in [0.5, 0.6) is 5.75 Å². The summed E-state index contributed by atoms with van der Waals surface area (Å²) in [5.74, 6) is -0.460. The molecule has 1 aromatic rings. The van der Waals surface area contributed by atoms with Gasteiger partial charge in [-0.2, -0.15) is 0 Å². The normalized spacial score (nSPS) is 10.5. The zero-order valence-corrected chi connectivity index (χ0v) is 11.7. The van der Waals surface area contributed by atoms with Gasteiger partial charge in [-0.1, -0.05) is 12.1 Å². The predicted molar refractivity (Wildman–Crippen MR) is 76.5 cm³/mol. The number of ether oxygens (including phenoxy) is 1. The molecule has 0 saturated carbocycles. The Morgan fingerprint density at radius 2 is 1.80 bits per heavy atom. The fourth-order valence-corrected chi connectivity index (χ4v) is 1.66. The number of rotatable bonds is 7. The van der Waals surface area contributed by atoms with Crippen molar-refractivity contribution in [3.8, 4) is 5.75 Å². The van der Waals surface area contributed by atoms with Crippen molar-refractivity contribution in [1.82, 2.24) is 4.90 Å². The number of carbonyl (C=O) groups is 2. The summed E-state index contributed by atoms with van der Waals surface area (Å²) in [7, 11) is 0. The number of likely N-dealkylation sites (N-methyl/N-ethyl adjacent to an activating group) is 1. The van der Waals surface area contributed by atoms with Crippen LogP contribution in [0.1, 0.15) is 19.4 Å². The first-order valence-corrected chi connectivity index (χ1v) is 6.48. The molecule has 0 aliphatic rings. The molecule has 0 unspecified atom stereocenters. The van der Waals surface area contributed by atoms with E-state index in [-0.39, 0.29) is 12.5 Å². The summed E-state index contributed by atoms with van der Waals surface area (Å²) in [6.07, 6.45) is 2.56. The highest BCUT2D eigenvalue weighted by molar-refractivity contribution is 5.85. The van der Waals surface area contributed by atoms with E-state index in [2.05, 4.69) is 0 Å². The Labute approximate surface area is 118 Å². The number of aliphatic carboxylic acids is 1. The summed E-state index contributed by atoms with van der Waals surface area (Å²) in [4.78, 5) is 23.8. The highest BCUT2D eigenvalue weighted by Crippen LogP contribution is 2.13. The average Bonchev–Trinajstić information content (AvgIpc) is 2.45. The van der Waals surface area contributed by atoms with Crippen LogP contribution in [0.4, 0.5) is 0 Å². The maximum absolute atomic E-state index is 11.7. The smallest absolute Gasteiger partial charge is 0.328 e. The van der Waals surface area contributed by atoms with E-state index in [0.29, 0.717) is 18.8 Å². The fraction of sp³-hybridized carbons (Fsp3) is 0.333. The Kier molecular flexibility index (Phi) is 6.29. The summed E-state index contributed by atoms with van der Waals surface area (Å²) in [6.45, 7) is 5.18. The third kappa shape index (κ3) is 5.14. The Morgan fingerprint density at radius 3 is 2.30 bits per heavy atom. The van der Waals surface area contributed by atoms with Gasteiger partial charge in [0.2, 0.25) is 0 Å². The Balaban J connectivity index is 2.53. The van der Waals surface area contributed by atoms with E-state index in [1.54, 1.807) is 29.2 Å². The third-order valence-electron chi connectivity index (χ3n) is 2.78. The molecule has 1 rings (SSSR count). The lowest BCUT2D eigenvalue weighted by atomic mass is 10.2. The van der Waals surface area contributed by atoms with Crippen molar-refractivity contribution in [2.24, 2.45) is 0 Å². The third-order valence-corrected chi connectivity index (χ3v) is 2.78. The van der Waals surface area contributed by atoms with E-state index < -0.39 is 5.97 Å². The van der Waals surface area contributed by atoms with Crippen molar-refractivity contribution in [3.05, 3.63) is 35.9 Å². The van der Waals surface area contributed by atoms with Crippen LogP contribution in [-0.4, -0.2) is 41.6 Å². The number of hydrogen-bond acceptors (Lipinski definition) is 3. The van der Waals surface area contributed by atoms with Gasteiger partial charge in [-0.15, -0.1) is 0 Å². The van der Waals surface area contributed by atoms with Crippen LogP contribution in [0.3, 0.4) is 0 Å². The standard InChI is InChI=1S/C15H19NO4/c1-3-16(4-2)14(17)11-20-13-8-5-12(6-9-13)7-10-15(18)19/h5-10H,3-4,11H2,1-2H3,(H,18,19)/b10-7-.